The molecule has 0 radical (unpaired) electrons. The van der Waals surface area contributed by atoms with Crippen molar-refractivity contribution in [1.29, 1.82) is 0 Å². The fourth-order valence-corrected chi connectivity index (χ4v) is 3.71. The van der Waals surface area contributed by atoms with Gasteiger partial charge in [-0.3, -0.25) is 14.4 Å². The van der Waals surface area contributed by atoms with E-state index in [9.17, 15) is 19.2 Å². The summed E-state index contributed by atoms with van der Waals surface area (Å²) in [6.45, 7) is 0.774. The van der Waals surface area contributed by atoms with Gasteiger partial charge in [0, 0.05) is 11.6 Å². The number of rotatable bonds is 7. The predicted octanol–water partition coefficient (Wildman–Crippen LogP) is 3.73. The van der Waals surface area contributed by atoms with Gasteiger partial charge in [-0.2, -0.15) is 0 Å². The number of esters is 1. The zero-order valence-electron chi connectivity index (χ0n) is 17.4. The number of para-hydroxylation sites is 1. The number of ketones is 1. The minimum absolute atomic E-state index is 0.0180. The first kappa shape index (κ1) is 22.0. The van der Waals surface area contributed by atoms with Crippen molar-refractivity contribution in [2.75, 3.05) is 24.0 Å². The Kier molecular flexibility index (Phi) is 6.36. The van der Waals surface area contributed by atoms with Gasteiger partial charge in [-0.15, -0.1) is 11.3 Å². The summed E-state index contributed by atoms with van der Waals surface area (Å²) in [7, 11) is 0. The van der Waals surface area contributed by atoms with Crippen molar-refractivity contribution in [3.05, 3.63) is 69.9 Å². The van der Waals surface area contributed by atoms with Crippen LogP contribution >= 0.6 is 11.3 Å². The second-order valence-electron chi connectivity index (χ2n) is 6.91. The van der Waals surface area contributed by atoms with Crippen LogP contribution in [0.3, 0.4) is 0 Å². The van der Waals surface area contributed by atoms with Crippen LogP contribution in [-0.2, 0) is 9.53 Å². The van der Waals surface area contributed by atoms with Crippen molar-refractivity contribution in [2.45, 2.75) is 6.92 Å². The smallest absolute Gasteiger partial charge is 0.340 e. The van der Waals surface area contributed by atoms with Crippen molar-refractivity contribution < 1.29 is 33.4 Å². The van der Waals surface area contributed by atoms with E-state index in [4.69, 9.17) is 14.2 Å². The summed E-state index contributed by atoms with van der Waals surface area (Å²) in [6, 6.07) is 12.7. The summed E-state index contributed by atoms with van der Waals surface area (Å²) in [5, 5.41) is 6.99. The first-order chi connectivity index (χ1) is 15.9. The highest BCUT2D eigenvalue weighted by Crippen LogP contribution is 2.37. The third kappa shape index (κ3) is 5.01. The molecular formula is C23H18N2O7S. The first-order valence-electron chi connectivity index (χ1n) is 9.78. The molecule has 0 spiro atoms. The fraction of sp³-hybridized carbons (Fsp3) is 0.130. The predicted molar refractivity (Wildman–Crippen MR) is 120 cm³/mol. The number of benzene rings is 2. The van der Waals surface area contributed by atoms with E-state index < -0.39 is 18.5 Å². The number of hydrogen-bond acceptors (Lipinski definition) is 8. The number of carbonyl (C=O) groups excluding carboxylic acids is 4. The molecule has 10 heteroatoms. The van der Waals surface area contributed by atoms with Crippen LogP contribution in [0, 0.1) is 0 Å². The monoisotopic (exact) mass is 466 g/mol. The van der Waals surface area contributed by atoms with Crippen LogP contribution in [-0.4, -0.2) is 37.0 Å². The Labute approximate surface area is 192 Å². The molecule has 3 aromatic rings. The molecule has 0 atom stereocenters. The zero-order valence-corrected chi connectivity index (χ0v) is 18.2. The fourth-order valence-electron chi connectivity index (χ4n) is 3.09. The van der Waals surface area contributed by atoms with Crippen LogP contribution in [0.5, 0.6) is 11.5 Å². The maximum atomic E-state index is 12.6. The molecule has 4 rings (SSSR count). The number of Topliss-reactive ketones (excluding diaryl/α,β-unsaturated/α-hetero) is 1. The van der Waals surface area contributed by atoms with Crippen molar-refractivity contribution >= 4 is 46.3 Å². The largest absolute Gasteiger partial charge is 0.454 e. The van der Waals surface area contributed by atoms with Gasteiger partial charge in [-0.1, -0.05) is 18.2 Å². The van der Waals surface area contributed by atoms with Gasteiger partial charge in [-0.25, -0.2) is 4.79 Å². The minimum Gasteiger partial charge on any atom is -0.454 e. The van der Waals surface area contributed by atoms with Crippen LogP contribution in [0.2, 0.25) is 0 Å². The molecule has 0 fully saturated rings. The molecule has 0 saturated heterocycles. The second-order valence-corrected chi connectivity index (χ2v) is 7.86. The molecule has 2 amide bonds. The number of hydrogen-bond donors (Lipinski definition) is 2. The highest BCUT2D eigenvalue weighted by molar-refractivity contribution is 7.12. The van der Waals surface area contributed by atoms with Crippen molar-refractivity contribution in [1.82, 2.24) is 0 Å². The highest BCUT2D eigenvalue weighted by atomic mass is 32.1. The van der Waals surface area contributed by atoms with Gasteiger partial charge in [0.05, 0.1) is 21.8 Å². The lowest BCUT2D eigenvalue weighted by molar-refractivity contribution is -0.119. The van der Waals surface area contributed by atoms with E-state index in [1.54, 1.807) is 35.7 Å². The summed E-state index contributed by atoms with van der Waals surface area (Å²) in [4.78, 5) is 49.7. The van der Waals surface area contributed by atoms with Crippen LogP contribution < -0.4 is 20.1 Å². The normalized spacial score (nSPS) is 11.5. The molecule has 9 nitrogen and oxygen atoms in total. The summed E-state index contributed by atoms with van der Waals surface area (Å²) in [5.74, 6) is -1.28. The number of amides is 2. The van der Waals surface area contributed by atoms with E-state index >= 15 is 0 Å². The Morgan fingerprint density at radius 1 is 0.939 bits per heavy atom. The first-order valence-corrected chi connectivity index (χ1v) is 10.7. The maximum Gasteiger partial charge on any atom is 0.340 e. The molecule has 1 aliphatic rings. The number of ether oxygens (including phenoxy) is 3. The molecule has 0 unspecified atom stereocenters. The van der Waals surface area contributed by atoms with Crippen molar-refractivity contribution in [2.24, 2.45) is 0 Å². The maximum absolute atomic E-state index is 12.6. The molecule has 168 valence electrons. The van der Waals surface area contributed by atoms with Crippen LogP contribution in [0.15, 0.2) is 53.9 Å². The van der Waals surface area contributed by atoms with E-state index in [1.165, 1.54) is 36.5 Å². The van der Waals surface area contributed by atoms with E-state index in [0.29, 0.717) is 16.4 Å². The molecule has 1 aromatic heterocycles. The van der Waals surface area contributed by atoms with Gasteiger partial charge in [-0.05, 0) is 36.6 Å². The van der Waals surface area contributed by atoms with Gasteiger partial charge in [0.15, 0.2) is 23.9 Å². The number of carbonyl (C=O) groups is 4. The van der Waals surface area contributed by atoms with Gasteiger partial charge in [0.1, 0.15) is 0 Å². The molecule has 0 saturated carbocycles. The van der Waals surface area contributed by atoms with Crippen LogP contribution in [0.4, 0.5) is 11.4 Å². The third-order valence-electron chi connectivity index (χ3n) is 4.64. The van der Waals surface area contributed by atoms with E-state index in [-0.39, 0.29) is 41.0 Å². The number of fused-ring (bicyclic) bond motifs is 1. The van der Waals surface area contributed by atoms with Gasteiger partial charge >= 0.3 is 5.97 Å². The number of nitrogens with one attached hydrogen (secondary N) is 2. The topological polar surface area (TPSA) is 120 Å². The Balaban J connectivity index is 1.41. The minimum atomic E-state index is -0.787. The third-order valence-corrected chi connectivity index (χ3v) is 5.51. The summed E-state index contributed by atoms with van der Waals surface area (Å²) < 4.78 is 15.7. The summed E-state index contributed by atoms with van der Waals surface area (Å²) in [6.07, 6.45) is 0. The van der Waals surface area contributed by atoms with Crippen LogP contribution in [0.25, 0.3) is 0 Å². The standard InChI is InChI=1S/C23H18N2O7S/c1-13(26)15-9-18-19(32-12-31-18)10-17(15)24-21(27)11-30-23(29)14-5-2-3-6-16(14)25-22(28)20-7-4-8-33-20/h2-10H,11-12H2,1H3,(H,24,27)(H,25,28). The quantitative estimate of drug-likeness (QED) is 0.402. The number of anilines is 2. The second kappa shape index (κ2) is 9.53. The average molecular weight is 466 g/mol. The van der Waals surface area contributed by atoms with Crippen LogP contribution in [0.1, 0.15) is 37.3 Å². The zero-order chi connectivity index (χ0) is 23.4. The SMILES string of the molecule is CC(=O)c1cc2c(cc1NC(=O)COC(=O)c1ccccc1NC(=O)c1cccs1)OCO2. The lowest BCUT2D eigenvalue weighted by atomic mass is 10.1. The van der Waals surface area contributed by atoms with E-state index in [2.05, 4.69) is 10.6 Å². The van der Waals surface area contributed by atoms with E-state index in [0.717, 1.165) is 0 Å². The van der Waals surface area contributed by atoms with E-state index in [1.807, 2.05) is 0 Å². The molecule has 0 bridgehead atoms. The molecule has 0 aliphatic carbocycles. The Morgan fingerprint density at radius 2 is 1.70 bits per heavy atom. The van der Waals surface area contributed by atoms with Gasteiger partial charge in [0.25, 0.3) is 11.8 Å². The van der Waals surface area contributed by atoms with Crippen molar-refractivity contribution in [3.63, 3.8) is 0 Å². The average Bonchev–Trinajstić information content (AvgIpc) is 3.49. The molecular weight excluding hydrogens is 448 g/mol. The molecule has 2 aromatic carbocycles. The Bertz CT molecular complexity index is 1240. The molecule has 2 N–H and O–H groups in total. The molecule has 1 aliphatic heterocycles. The lowest BCUT2D eigenvalue weighted by Gasteiger charge is -2.12. The Hall–Kier alpha value is -4.18. The number of thiophene rings is 1. The van der Waals surface area contributed by atoms with Gasteiger partial charge in [0.2, 0.25) is 6.79 Å². The summed E-state index contributed by atoms with van der Waals surface area (Å²) in [5.41, 5.74) is 0.815. The molecule has 33 heavy (non-hydrogen) atoms. The summed E-state index contributed by atoms with van der Waals surface area (Å²) >= 11 is 1.27. The van der Waals surface area contributed by atoms with Crippen molar-refractivity contribution in [3.8, 4) is 11.5 Å². The Morgan fingerprint density at radius 3 is 2.42 bits per heavy atom. The van der Waals surface area contributed by atoms with Gasteiger partial charge < -0.3 is 24.8 Å². The molecule has 2 heterocycles. The highest BCUT2D eigenvalue weighted by Gasteiger charge is 2.21. The lowest BCUT2D eigenvalue weighted by Crippen LogP contribution is -2.22.